The van der Waals surface area contributed by atoms with Crippen LogP contribution in [0.2, 0.25) is 0 Å². The second kappa shape index (κ2) is 11.9. The van der Waals surface area contributed by atoms with Gasteiger partial charge in [0.05, 0.1) is 29.1 Å². The highest BCUT2D eigenvalue weighted by atomic mass is 19.1. The van der Waals surface area contributed by atoms with Crippen LogP contribution in [0.5, 0.6) is 0 Å². The Labute approximate surface area is 247 Å². The summed E-state index contributed by atoms with van der Waals surface area (Å²) in [7, 11) is 2.56. The van der Waals surface area contributed by atoms with E-state index >= 15 is 0 Å². The van der Waals surface area contributed by atoms with Gasteiger partial charge in [0.25, 0.3) is 17.6 Å². The first-order chi connectivity index (χ1) is 20.3. The minimum Gasteiger partial charge on any atom is -0.463 e. The molecule has 4 rings (SSSR count). The first-order valence-electron chi connectivity index (χ1n) is 13.4. The zero-order chi connectivity index (χ0) is 31.6. The van der Waals surface area contributed by atoms with Crippen molar-refractivity contribution in [2.24, 2.45) is 0 Å². The van der Waals surface area contributed by atoms with E-state index in [2.05, 4.69) is 26.9 Å². The Balaban J connectivity index is 2.10. The monoisotopic (exact) mass is 585 g/mol. The number of ether oxygens (including phenoxy) is 1. The summed E-state index contributed by atoms with van der Waals surface area (Å²) in [5, 5.41) is 6.11. The van der Waals surface area contributed by atoms with Crippen LogP contribution in [0.15, 0.2) is 71.3 Å². The number of hydrogen-bond donors (Lipinski definition) is 3. The molecule has 0 spiro atoms. The molecule has 0 atom stereocenters. The van der Waals surface area contributed by atoms with Crippen molar-refractivity contribution in [2.75, 3.05) is 14.2 Å². The zero-order valence-corrected chi connectivity index (χ0v) is 24.7. The second-order valence-electron chi connectivity index (χ2n) is 10.9. The highest BCUT2D eigenvalue weighted by Gasteiger charge is 2.29. The van der Waals surface area contributed by atoms with Crippen molar-refractivity contribution in [3.63, 3.8) is 0 Å². The van der Waals surface area contributed by atoms with Crippen molar-refractivity contribution in [2.45, 2.75) is 33.2 Å². The Bertz CT molecular complexity index is 1850. The molecule has 0 aliphatic carbocycles. The molecule has 2 aromatic heterocycles. The molecule has 2 amide bonds. The fraction of sp³-hybridized carbons (Fsp3) is 0.212. The molecule has 0 saturated heterocycles. The summed E-state index contributed by atoms with van der Waals surface area (Å²) in [6, 6.07) is 7.13. The molecule has 2 heterocycles. The van der Waals surface area contributed by atoms with Gasteiger partial charge in [0.2, 0.25) is 0 Å². The van der Waals surface area contributed by atoms with Crippen molar-refractivity contribution in [1.29, 1.82) is 0 Å². The van der Waals surface area contributed by atoms with E-state index in [0.29, 0.717) is 33.2 Å². The van der Waals surface area contributed by atoms with Gasteiger partial charge in [-0.15, -0.1) is 0 Å². The maximum atomic E-state index is 13.8. The normalized spacial score (nSPS) is 12.3. The minimum absolute atomic E-state index is 0.0308. The molecular formula is C33H32FN3O6. The highest BCUT2D eigenvalue weighted by Crippen LogP contribution is 2.42. The fourth-order valence-electron chi connectivity index (χ4n) is 4.74. The summed E-state index contributed by atoms with van der Waals surface area (Å²) in [6.45, 7) is 11.1. The van der Waals surface area contributed by atoms with Gasteiger partial charge in [0.15, 0.2) is 0 Å². The van der Waals surface area contributed by atoms with Gasteiger partial charge in [-0.3, -0.25) is 14.4 Å². The number of aromatic amines is 1. The number of rotatable bonds is 8. The average Bonchev–Trinajstić information content (AvgIpc) is 3.57. The van der Waals surface area contributed by atoms with Gasteiger partial charge in [0, 0.05) is 40.9 Å². The van der Waals surface area contributed by atoms with Crippen LogP contribution in [-0.2, 0) is 14.3 Å². The third-order valence-electron chi connectivity index (χ3n) is 6.63. The number of H-pyrrole nitrogens is 1. The fourth-order valence-corrected chi connectivity index (χ4v) is 4.74. The molecule has 0 aliphatic heterocycles. The second-order valence-corrected chi connectivity index (χ2v) is 10.9. The number of methoxy groups -OCH3 is 1. The van der Waals surface area contributed by atoms with Crippen LogP contribution in [0.25, 0.3) is 38.8 Å². The zero-order valence-electron chi connectivity index (χ0n) is 24.7. The first-order valence-corrected chi connectivity index (χ1v) is 13.4. The number of allylic oxidation sites excluding steroid dienone is 3. The number of hydrogen-bond acceptors (Lipinski definition) is 6. The standard InChI is InChI=1S/C33H32FN3O6/c1-8-9-19(30(39)37-33(3,4)5)14-17(2)21-15-22-25(31(40)35-6)28(18-10-12-20(34)13-11-18)43-29(22)24-23(16-36-26(21)24)27(38)32(41)42-7/h8-16,36H,1H2,2-7H3,(H,35,40)(H,37,39)/b17-14+,19-9+. The maximum Gasteiger partial charge on any atom is 0.379 e. The summed E-state index contributed by atoms with van der Waals surface area (Å²) < 4.78 is 24.7. The van der Waals surface area contributed by atoms with Gasteiger partial charge in [-0.1, -0.05) is 18.7 Å². The summed E-state index contributed by atoms with van der Waals surface area (Å²) in [6.07, 6.45) is 6.09. The average molecular weight is 586 g/mol. The molecule has 0 fully saturated rings. The van der Waals surface area contributed by atoms with Gasteiger partial charge >= 0.3 is 5.97 Å². The number of Topliss-reactive ketones (excluding diaryl/α,β-unsaturated/α-hetero) is 1. The minimum atomic E-state index is -1.08. The molecule has 0 bridgehead atoms. The van der Waals surface area contributed by atoms with Crippen LogP contribution >= 0.6 is 0 Å². The predicted octanol–water partition coefficient (Wildman–Crippen LogP) is 5.87. The van der Waals surface area contributed by atoms with Gasteiger partial charge in [-0.05, 0) is 69.7 Å². The van der Waals surface area contributed by atoms with Crippen LogP contribution in [0.1, 0.15) is 54.0 Å². The van der Waals surface area contributed by atoms with E-state index in [1.54, 1.807) is 25.1 Å². The van der Waals surface area contributed by atoms with Crippen LogP contribution in [0, 0.1) is 5.82 Å². The molecule has 9 nitrogen and oxygen atoms in total. The Kier molecular flexibility index (Phi) is 8.52. The molecule has 2 aromatic carbocycles. The van der Waals surface area contributed by atoms with Crippen molar-refractivity contribution in [3.8, 4) is 11.3 Å². The number of halogens is 1. The molecule has 0 radical (unpaired) electrons. The van der Waals surface area contributed by atoms with Crippen LogP contribution in [0.3, 0.4) is 0 Å². The number of carbonyl (C=O) groups is 4. The first kappa shape index (κ1) is 30.7. The van der Waals surface area contributed by atoms with Crippen molar-refractivity contribution >= 4 is 51.0 Å². The lowest BCUT2D eigenvalue weighted by Crippen LogP contribution is -2.41. The number of esters is 1. The number of furan rings is 1. The predicted molar refractivity (Wildman–Crippen MR) is 163 cm³/mol. The van der Waals surface area contributed by atoms with Crippen LogP contribution in [-0.4, -0.2) is 48.2 Å². The summed E-state index contributed by atoms with van der Waals surface area (Å²) >= 11 is 0. The van der Waals surface area contributed by atoms with Crippen molar-refractivity contribution in [3.05, 3.63) is 89.4 Å². The number of ketones is 1. The topological polar surface area (TPSA) is 130 Å². The Morgan fingerprint density at radius 2 is 1.77 bits per heavy atom. The summed E-state index contributed by atoms with van der Waals surface area (Å²) in [5.41, 5.74) is 2.06. The molecule has 4 aromatic rings. The van der Waals surface area contributed by atoms with Gasteiger partial charge in [-0.25, -0.2) is 9.18 Å². The van der Waals surface area contributed by atoms with E-state index in [-0.39, 0.29) is 33.8 Å². The SMILES string of the molecule is C=C/C=C(\C=C(/C)c1cc2c(C(=O)NC)c(-c3ccc(F)cc3)oc2c2c(C(=O)C(=O)OC)c[nH]c12)C(=O)NC(C)(C)C. The lowest BCUT2D eigenvalue weighted by molar-refractivity contribution is -0.135. The van der Waals surface area contributed by atoms with Crippen molar-refractivity contribution < 1.29 is 32.7 Å². The van der Waals surface area contributed by atoms with Gasteiger partial charge in [-0.2, -0.15) is 0 Å². The lowest BCUT2D eigenvalue weighted by Gasteiger charge is -2.21. The van der Waals surface area contributed by atoms with E-state index in [1.165, 1.54) is 43.6 Å². The van der Waals surface area contributed by atoms with Crippen LogP contribution < -0.4 is 10.6 Å². The number of carbonyl (C=O) groups excluding carboxylic acids is 4. The van der Waals surface area contributed by atoms with Crippen molar-refractivity contribution in [1.82, 2.24) is 15.6 Å². The number of amides is 2. The van der Waals surface area contributed by atoms with E-state index in [9.17, 15) is 23.6 Å². The Morgan fingerprint density at radius 1 is 1.09 bits per heavy atom. The summed E-state index contributed by atoms with van der Waals surface area (Å²) in [4.78, 5) is 54.8. The largest absolute Gasteiger partial charge is 0.463 e. The third kappa shape index (κ3) is 6.04. The number of aromatic nitrogens is 1. The number of fused-ring (bicyclic) bond motifs is 3. The Hall–Kier alpha value is -5.25. The van der Waals surface area contributed by atoms with E-state index < -0.39 is 29.0 Å². The molecule has 0 unspecified atom stereocenters. The third-order valence-corrected chi connectivity index (χ3v) is 6.63. The molecule has 10 heteroatoms. The molecule has 222 valence electrons. The molecule has 3 N–H and O–H groups in total. The molecule has 0 saturated carbocycles. The molecular weight excluding hydrogens is 553 g/mol. The van der Waals surface area contributed by atoms with E-state index in [1.807, 2.05) is 20.8 Å². The highest BCUT2D eigenvalue weighted by molar-refractivity contribution is 6.44. The Morgan fingerprint density at radius 3 is 2.35 bits per heavy atom. The van der Waals surface area contributed by atoms with E-state index in [0.717, 1.165) is 7.11 Å². The maximum absolute atomic E-state index is 13.8. The van der Waals surface area contributed by atoms with Gasteiger partial charge in [0.1, 0.15) is 17.2 Å². The number of nitrogens with one attached hydrogen (secondary N) is 3. The van der Waals surface area contributed by atoms with E-state index in [4.69, 9.17) is 4.42 Å². The van der Waals surface area contributed by atoms with Crippen LogP contribution in [0.4, 0.5) is 4.39 Å². The molecule has 43 heavy (non-hydrogen) atoms. The lowest BCUT2D eigenvalue weighted by atomic mass is 9.95. The number of benzene rings is 2. The quantitative estimate of drug-likeness (QED) is 0.0780. The smallest absolute Gasteiger partial charge is 0.379 e. The molecule has 0 aliphatic rings. The summed E-state index contributed by atoms with van der Waals surface area (Å²) in [5.74, 6) is -3.15. The van der Waals surface area contributed by atoms with Gasteiger partial charge < -0.3 is 24.8 Å².